The quantitative estimate of drug-likeness (QED) is 0.893. The molecule has 0 bridgehead atoms. The van der Waals surface area contributed by atoms with E-state index < -0.39 is 0 Å². The maximum absolute atomic E-state index is 9.31. The highest BCUT2D eigenvalue weighted by molar-refractivity contribution is 9.10. The standard InChI is InChI=1S/C11H16BrNO/c1-13(2)7-9(8-14)10-5-3-4-6-11(10)12/h3-6,9,14H,7-8H2,1-2H3. The molecular weight excluding hydrogens is 242 g/mol. The van der Waals surface area contributed by atoms with Gasteiger partial charge in [0.2, 0.25) is 0 Å². The maximum atomic E-state index is 9.31. The van der Waals surface area contributed by atoms with Crippen LogP contribution in [0.1, 0.15) is 11.5 Å². The summed E-state index contributed by atoms with van der Waals surface area (Å²) in [6, 6.07) is 8.04. The second kappa shape index (κ2) is 5.49. The van der Waals surface area contributed by atoms with Crippen molar-refractivity contribution in [2.24, 2.45) is 0 Å². The van der Waals surface area contributed by atoms with E-state index in [1.54, 1.807) is 0 Å². The molecule has 1 aromatic carbocycles. The smallest absolute Gasteiger partial charge is 0.0512 e. The van der Waals surface area contributed by atoms with E-state index in [-0.39, 0.29) is 12.5 Å². The normalized spacial score (nSPS) is 13.2. The second-order valence-electron chi connectivity index (χ2n) is 3.66. The lowest BCUT2D eigenvalue weighted by molar-refractivity contribution is 0.234. The van der Waals surface area contributed by atoms with E-state index in [0.29, 0.717) is 0 Å². The van der Waals surface area contributed by atoms with Gasteiger partial charge in [0.1, 0.15) is 0 Å². The number of nitrogens with zero attached hydrogens (tertiary/aromatic N) is 1. The Balaban J connectivity index is 2.83. The van der Waals surface area contributed by atoms with Crippen LogP contribution in [0.4, 0.5) is 0 Å². The van der Waals surface area contributed by atoms with Crippen LogP contribution in [-0.2, 0) is 0 Å². The summed E-state index contributed by atoms with van der Waals surface area (Å²) in [5.74, 6) is 0.181. The van der Waals surface area contributed by atoms with Crippen LogP contribution in [0.3, 0.4) is 0 Å². The van der Waals surface area contributed by atoms with Gasteiger partial charge in [0.15, 0.2) is 0 Å². The van der Waals surface area contributed by atoms with Gasteiger partial charge in [0, 0.05) is 16.9 Å². The number of benzene rings is 1. The van der Waals surface area contributed by atoms with Gasteiger partial charge in [-0.25, -0.2) is 0 Å². The summed E-state index contributed by atoms with van der Waals surface area (Å²) in [5, 5.41) is 9.31. The van der Waals surface area contributed by atoms with Crippen molar-refractivity contribution in [2.45, 2.75) is 5.92 Å². The molecule has 0 spiro atoms. The van der Waals surface area contributed by atoms with Crippen LogP contribution in [0.5, 0.6) is 0 Å². The molecule has 1 rings (SSSR count). The van der Waals surface area contributed by atoms with Gasteiger partial charge in [-0.1, -0.05) is 34.1 Å². The Hall–Kier alpha value is -0.380. The van der Waals surface area contributed by atoms with Gasteiger partial charge in [-0.2, -0.15) is 0 Å². The summed E-state index contributed by atoms with van der Waals surface area (Å²) >= 11 is 3.50. The predicted octanol–water partition coefficient (Wildman–Crippen LogP) is 2.09. The zero-order chi connectivity index (χ0) is 10.6. The van der Waals surface area contributed by atoms with Crippen molar-refractivity contribution in [3.8, 4) is 0 Å². The van der Waals surface area contributed by atoms with Crippen LogP contribution >= 0.6 is 15.9 Å². The molecule has 0 radical (unpaired) electrons. The number of likely N-dealkylation sites (N-methyl/N-ethyl adjacent to an activating group) is 1. The molecule has 0 aromatic heterocycles. The van der Waals surface area contributed by atoms with Gasteiger partial charge >= 0.3 is 0 Å². The second-order valence-corrected chi connectivity index (χ2v) is 4.52. The number of halogens is 1. The number of rotatable bonds is 4. The van der Waals surface area contributed by atoms with Crippen LogP contribution in [-0.4, -0.2) is 37.3 Å². The maximum Gasteiger partial charge on any atom is 0.0512 e. The number of aliphatic hydroxyl groups excluding tert-OH is 1. The molecule has 0 saturated carbocycles. The van der Waals surface area contributed by atoms with Gasteiger partial charge in [-0.15, -0.1) is 0 Å². The van der Waals surface area contributed by atoms with Gasteiger partial charge in [0.05, 0.1) is 6.61 Å². The fourth-order valence-electron chi connectivity index (χ4n) is 1.50. The van der Waals surface area contributed by atoms with Gasteiger partial charge < -0.3 is 10.0 Å². The van der Waals surface area contributed by atoms with Crippen molar-refractivity contribution in [3.63, 3.8) is 0 Å². The summed E-state index contributed by atoms with van der Waals surface area (Å²) in [7, 11) is 4.03. The highest BCUT2D eigenvalue weighted by Gasteiger charge is 2.13. The summed E-state index contributed by atoms with van der Waals surface area (Å²) in [4.78, 5) is 2.08. The zero-order valence-corrected chi connectivity index (χ0v) is 10.2. The minimum atomic E-state index is 0.181. The molecule has 1 atom stereocenters. The third-order valence-electron chi connectivity index (χ3n) is 2.15. The topological polar surface area (TPSA) is 23.5 Å². The fourth-order valence-corrected chi connectivity index (χ4v) is 2.11. The van der Waals surface area contributed by atoms with Crippen molar-refractivity contribution in [2.75, 3.05) is 27.2 Å². The molecule has 2 nitrogen and oxygen atoms in total. The Morgan fingerprint density at radius 1 is 1.36 bits per heavy atom. The molecule has 0 aliphatic rings. The minimum absolute atomic E-state index is 0.181. The lowest BCUT2D eigenvalue weighted by Crippen LogP contribution is -2.22. The van der Waals surface area contributed by atoms with E-state index in [2.05, 4.69) is 26.9 Å². The van der Waals surface area contributed by atoms with E-state index in [0.717, 1.165) is 11.0 Å². The largest absolute Gasteiger partial charge is 0.396 e. The van der Waals surface area contributed by atoms with Crippen LogP contribution in [0.15, 0.2) is 28.7 Å². The fraction of sp³-hybridized carbons (Fsp3) is 0.455. The van der Waals surface area contributed by atoms with Gasteiger partial charge in [0.25, 0.3) is 0 Å². The molecule has 78 valence electrons. The van der Waals surface area contributed by atoms with Crippen molar-refractivity contribution in [3.05, 3.63) is 34.3 Å². The molecule has 0 fully saturated rings. The highest BCUT2D eigenvalue weighted by Crippen LogP contribution is 2.24. The van der Waals surface area contributed by atoms with Crippen LogP contribution in [0.2, 0.25) is 0 Å². The van der Waals surface area contributed by atoms with Gasteiger partial charge in [-0.3, -0.25) is 0 Å². The van der Waals surface area contributed by atoms with E-state index in [9.17, 15) is 5.11 Å². The monoisotopic (exact) mass is 257 g/mol. The summed E-state index contributed by atoms with van der Waals surface area (Å²) in [6.45, 7) is 1.04. The lowest BCUT2D eigenvalue weighted by atomic mass is 10.00. The van der Waals surface area contributed by atoms with Gasteiger partial charge in [-0.05, 0) is 25.7 Å². The Labute approximate surface area is 93.7 Å². The van der Waals surface area contributed by atoms with Crippen molar-refractivity contribution in [1.82, 2.24) is 4.90 Å². The van der Waals surface area contributed by atoms with Crippen LogP contribution in [0, 0.1) is 0 Å². The number of hydrogen-bond acceptors (Lipinski definition) is 2. The molecule has 0 heterocycles. The Morgan fingerprint density at radius 3 is 2.50 bits per heavy atom. The lowest BCUT2D eigenvalue weighted by Gasteiger charge is -2.20. The van der Waals surface area contributed by atoms with Crippen LogP contribution < -0.4 is 0 Å². The number of hydrogen-bond donors (Lipinski definition) is 1. The van der Waals surface area contributed by atoms with Crippen molar-refractivity contribution < 1.29 is 5.11 Å². The first kappa shape index (κ1) is 11.7. The van der Waals surface area contributed by atoms with E-state index >= 15 is 0 Å². The SMILES string of the molecule is CN(C)CC(CO)c1ccccc1Br. The summed E-state index contributed by atoms with van der Waals surface area (Å²) in [5.41, 5.74) is 1.17. The van der Waals surface area contributed by atoms with E-state index in [1.807, 2.05) is 32.3 Å². The Morgan fingerprint density at radius 2 is 2.00 bits per heavy atom. The molecule has 1 N–H and O–H groups in total. The predicted molar refractivity (Wildman–Crippen MR) is 62.5 cm³/mol. The van der Waals surface area contributed by atoms with Crippen molar-refractivity contribution in [1.29, 1.82) is 0 Å². The molecule has 14 heavy (non-hydrogen) atoms. The third-order valence-corrected chi connectivity index (χ3v) is 2.87. The third kappa shape index (κ3) is 3.08. The molecule has 0 saturated heterocycles. The molecular formula is C11H16BrNO. The summed E-state index contributed by atoms with van der Waals surface area (Å²) in [6.07, 6.45) is 0. The first-order valence-corrected chi connectivity index (χ1v) is 5.44. The molecule has 3 heteroatoms. The summed E-state index contributed by atoms with van der Waals surface area (Å²) < 4.78 is 1.07. The highest BCUT2D eigenvalue weighted by atomic mass is 79.9. The Kier molecular flexibility index (Phi) is 4.58. The first-order chi connectivity index (χ1) is 6.65. The van der Waals surface area contributed by atoms with E-state index in [4.69, 9.17) is 0 Å². The molecule has 0 aliphatic carbocycles. The average Bonchev–Trinajstić information content (AvgIpc) is 2.15. The minimum Gasteiger partial charge on any atom is -0.396 e. The van der Waals surface area contributed by atoms with E-state index in [1.165, 1.54) is 5.56 Å². The van der Waals surface area contributed by atoms with Crippen LogP contribution in [0.25, 0.3) is 0 Å². The average molecular weight is 258 g/mol. The molecule has 0 aliphatic heterocycles. The molecule has 0 amide bonds. The number of aliphatic hydroxyl groups is 1. The molecule has 1 unspecified atom stereocenters. The zero-order valence-electron chi connectivity index (χ0n) is 8.57. The Bertz CT molecular complexity index is 288. The molecule has 1 aromatic rings. The van der Waals surface area contributed by atoms with Crippen molar-refractivity contribution >= 4 is 15.9 Å². The first-order valence-electron chi connectivity index (χ1n) is 4.65.